The van der Waals surface area contributed by atoms with Gasteiger partial charge in [-0.05, 0) is 24.6 Å². The molecule has 0 radical (unpaired) electrons. The van der Waals surface area contributed by atoms with E-state index in [1.54, 1.807) is 30.0 Å². The Labute approximate surface area is 139 Å². The molecule has 0 unspecified atom stereocenters. The number of rotatable bonds is 4. The monoisotopic (exact) mass is 334 g/mol. The second-order valence-electron chi connectivity index (χ2n) is 5.87. The first-order chi connectivity index (χ1) is 11.0. The first-order valence-corrected chi connectivity index (χ1v) is 7.97. The van der Waals surface area contributed by atoms with Gasteiger partial charge in [0.15, 0.2) is 11.6 Å². The molecular formula is C16H19ClN4O2. The fraction of sp³-hybridized carbons (Fsp3) is 0.438. The lowest BCUT2D eigenvalue weighted by Gasteiger charge is -2.14. The van der Waals surface area contributed by atoms with Gasteiger partial charge in [0.2, 0.25) is 5.91 Å². The SMILES string of the molecule is COc1ccc(Cl)cc1-n1nc(C(C)C)nc1[C@H]1CCC(=O)N1. The average molecular weight is 335 g/mol. The number of aromatic nitrogens is 3. The highest BCUT2D eigenvalue weighted by atomic mass is 35.5. The minimum Gasteiger partial charge on any atom is -0.494 e. The van der Waals surface area contributed by atoms with Crippen LogP contribution in [0.15, 0.2) is 18.2 Å². The smallest absolute Gasteiger partial charge is 0.220 e. The summed E-state index contributed by atoms with van der Waals surface area (Å²) in [7, 11) is 1.60. The summed E-state index contributed by atoms with van der Waals surface area (Å²) >= 11 is 6.14. The summed E-state index contributed by atoms with van der Waals surface area (Å²) in [4.78, 5) is 16.2. The third-order valence-corrected chi connectivity index (χ3v) is 4.08. The van der Waals surface area contributed by atoms with Gasteiger partial charge in [-0.25, -0.2) is 9.67 Å². The molecule has 1 aromatic heterocycles. The van der Waals surface area contributed by atoms with Crippen molar-refractivity contribution >= 4 is 17.5 Å². The van der Waals surface area contributed by atoms with E-state index in [9.17, 15) is 4.79 Å². The summed E-state index contributed by atoms with van der Waals surface area (Å²) in [5.41, 5.74) is 0.718. The van der Waals surface area contributed by atoms with Crippen molar-refractivity contribution in [1.82, 2.24) is 20.1 Å². The predicted octanol–water partition coefficient (Wildman–Crippen LogP) is 3.00. The largest absolute Gasteiger partial charge is 0.494 e. The molecule has 1 aromatic carbocycles. The molecule has 1 atom stereocenters. The van der Waals surface area contributed by atoms with Crippen LogP contribution >= 0.6 is 11.6 Å². The van der Waals surface area contributed by atoms with Crippen molar-refractivity contribution < 1.29 is 9.53 Å². The first-order valence-electron chi connectivity index (χ1n) is 7.59. The van der Waals surface area contributed by atoms with Crippen molar-refractivity contribution in [2.75, 3.05) is 7.11 Å². The van der Waals surface area contributed by atoms with Crippen molar-refractivity contribution in [3.05, 3.63) is 34.9 Å². The molecule has 0 aliphatic carbocycles. The molecule has 2 heterocycles. The van der Waals surface area contributed by atoms with Crippen LogP contribution < -0.4 is 10.1 Å². The lowest BCUT2D eigenvalue weighted by atomic mass is 10.2. The topological polar surface area (TPSA) is 69.0 Å². The molecule has 23 heavy (non-hydrogen) atoms. The molecule has 1 N–H and O–H groups in total. The molecular weight excluding hydrogens is 316 g/mol. The van der Waals surface area contributed by atoms with Crippen molar-refractivity contribution in [3.8, 4) is 11.4 Å². The third-order valence-electron chi connectivity index (χ3n) is 3.84. The van der Waals surface area contributed by atoms with E-state index in [1.807, 2.05) is 13.8 Å². The Hall–Kier alpha value is -2.08. The van der Waals surface area contributed by atoms with Gasteiger partial charge in [0, 0.05) is 17.4 Å². The van der Waals surface area contributed by atoms with Crippen molar-refractivity contribution in [3.63, 3.8) is 0 Å². The van der Waals surface area contributed by atoms with E-state index in [4.69, 9.17) is 16.3 Å². The summed E-state index contributed by atoms with van der Waals surface area (Å²) in [6.07, 6.45) is 1.21. The fourth-order valence-corrected chi connectivity index (χ4v) is 2.79. The van der Waals surface area contributed by atoms with Crippen LogP contribution in [-0.4, -0.2) is 27.8 Å². The highest BCUT2D eigenvalue weighted by molar-refractivity contribution is 6.30. The summed E-state index contributed by atoms with van der Waals surface area (Å²) in [6.45, 7) is 4.07. The molecule has 1 aliphatic heterocycles. The van der Waals surface area contributed by atoms with Gasteiger partial charge in [0.05, 0.1) is 13.2 Å². The predicted molar refractivity (Wildman–Crippen MR) is 87.1 cm³/mol. The Morgan fingerprint density at radius 1 is 1.43 bits per heavy atom. The summed E-state index contributed by atoms with van der Waals surface area (Å²) < 4.78 is 7.16. The van der Waals surface area contributed by atoms with Gasteiger partial charge < -0.3 is 10.1 Å². The average Bonchev–Trinajstić information content (AvgIpc) is 3.13. The molecule has 1 aliphatic rings. The summed E-state index contributed by atoms with van der Waals surface area (Å²) in [5.74, 6) is 2.30. The van der Waals surface area contributed by atoms with Gasteiger partial charge >= 0.3 is 0 Å². The van der Waals surface area contributed by atoms with Crippen molar-refractivity contribution in [1.29, 1.82) is 0 Å². The maximum atomic E-state index is 11.6. The van der Waals surface area contributed by atoms with Crippen LogP contribution in [0.1, 0.15) is 50.3 Å². The number of benzene rings is 1. The van der Waals surface area contributed by atoms with Crippen LogP contribution in [-0.2, 0) is 4.79 Å². The Bertz CT molecular complexity index is 742. The van der Waals surface area contributed by atoms with E-state index in [0.717, 1.165) is 11.5 Å². The summed E-state index contributed by atoms with van der Waals surface area (Å²) in [6, 6.07) is 5.21. The fourth-order valence-electron chi connectivity index (χ4n) is 2.62. The minimum absolute atomic E-state index is 0.0358. The van der Waals surface area contributed by atoms with E-state index in [1.165, 1.54) is 0 Å². The number of carbonyl (C=O) groups excluding carboxylic acids is 1. The number of carbonyl (C=O) groups is 1. The lowest BCUT2D eigenvalue weighted by Crippen LogP contribution is -2.21. The Kier molecular flexibility index (Phi) is 4.26. The van der Waals surface area contributed by atoms with Crippen LogP contribution in [0.4, 0.5) is 0 Å². The molecule has 122 valence electrons. The van der Waals surface area contributed by atoms with Gasteiger partial charge in [-0.15, -0.1) is 0 Å². The van der Waals surface area contributed by atoms with Crippen LogP contribution in [0.25, 0.3) is 5.69 Å². The van der Waals surface area contributed by atoms with E-state index in [-0.39, 0.29) is 17.9 Å². The highest BCUT2D eigenvalue weighted by Gasteiger charge is 2.29. The van der Waals surface area contributed by atoms with Crippen LogP contribution in [0, 0.1) is 0 Å². The number of methoxy groups -OCH3 is 1. The molecule has 1 fully saturated rings. The molecule has 0 bridgehead atoms. The number of amides is 1. The second-order valence-corrected chi connectivity index (χ2v) is 6.31. The zero-order valence-corrected chi connectivity index (χ0v) is 14.1. The zero-order valence-electron chi connectivity index (χ0n) is 13.3. The second kappa shape index (κ2) is 6.20. The van der Waals surface area contributed by atoms with E-state index < -0.39 is 0 Å². The number of hydrogen-bond acceptors (Lipinski definition) is 4. The van der Waals surface area contributed by atoms with Crippen molar-refractivity contribution in [2.24, 2.45) is 0 Å². The van der Waals surface area contributed by atoms with Crippen LogP contribution in [0.3, 0.4) is 0 Å². The molecule has 6 nitrogen and oxygen atoms in total. The Morgan fingerprint density at radius 2 is 2.22 bits per heavy atom. The van der Waals surface area contributed by atoms with E-state index in [2.05, 4.69) is 15.4 Å². The molecule has 7 heteroatoms. The molecule has 0 saturated carbocycles. The number of halogens is 1. The van der Waals surface area contributed by atoms with Gasteiger partial charge in [0.1, 0.15) is 11.4 Å². The van der Waals surface area contributed by atoms with Crippen LogP contribution in [0.5, 0.6) is 5.75 Å². The number of nitrogens with one attached hydrogen (secondary N) is 1. The lowest BCUT2D eigenvalue weighted by molar-refractivity contribution is -0.119. The Morgan fingerprint density at radius 3 is 2.83 bits per heavy atom. The normalized spacial score (nSPS) is 17.6. The van der Waals surface area contributed by atoms with Crippen LogP contribution in [0.2, 0.25) is 5.02 Å². The number of nitrogens with zero attached hydrogens (tertiary/aromatic N) is 3. The number of ether oxygens (including phenoxy) is 1. The zero-order chi connectivity index (χ0) is 16.6. The maximum absolute atomic E-state index is 11.6. The first kappa shape index (κ1) is 15.8. The molecule has 1 amide bonds. The quantitative estimate of drug-likeness (QED) is 0.933. The highest BCUT2D eigenvalue weighted by Crippen LogP contribution is 2.31. The summed E-state index contributed by atoms with van der Waals surface area (Å²) in [5, 5.41) is 8.15. The van der Waals surface area contributed by atoms with Gasteiger partial charge in [-0.3, -0.25) is 4.79 Å². The maximum Gasteiger partial charge on any atom is 0.220 e. The molecule has 2 aromatic rings. The van der Waals surface area contributed by atoms with Crippen molar-refractivity contribution in [2.45, 2.75) is 38.6 Å². The Balaban J connectivity index is 2.14. The van der Waals surface area contributed by atoms with E-state index in [0.29, 0.717) is 29.4 Å². The van der Waals surface area contributed by atoms with Gasteiger partial charge in [0.25, 0.3) is 0 Å². The standard InChI is InChI=1S/C16H19ClN4O2/c1-9(2)15-19-16(11-5-7-14(22)18-11)21(20-15)12-8-10(17)4-6-13(12)23-3/h4,6,8-9,11H,5,7H2,1-3H3,(H,18,22)/t11-/m1/s1. The molecule has 3 rings (SSSR count). The van der Waals surface area contributed by atoms with Gasteiger partial charge in [-0.2, -0.15) is 5.10 Å². The minimum atomic E-state index is -0.147. The van der Waals surface area contributed by atoms with Gasteiger partial charge in [-0.1, -0.05) is 25.4 Å². The molecule has 0 spiro atoms. The molecule has 1 saturated heterocycles. The third kappa shape index (κ3) is 3.03. The van der Waals surface area contributed by atoms with E-state index >= 15 is 0 Å². The number of hydrogen-bond donors (Lipinski definition) is 1.